The smallest absolute Gasteiger partial charge is 0.302 e. The summed E-state index contributed by atoms with van der Waals surface area (Å²) in [6.07, 6.45) is 10.7. The van der Waals surface area contributed by atoms with Crippen molar-refractivity contribution in [3.8, 4) is 0 Å². The molecule has 0 aliphatic heterocycles. The standard InChI is InChI=1S/C22H30O4/c1-14(23)26-13-22(24)12-21-9-5-17-16-7-10-25-18(16)6-8-20(17,2)19(21)4-3-15(22)11-21/h7,10,15,17,19,24H,3-6,8-9,11-13H2,1-2H3/t15?,17?,19?,20-,21-,22+/m1/s1. The molecule has 1 heterocycles. The van der Waals surface area contributed by atoms with Crippen LogP contribution >= 0.6 is 0 Å². The van der Waals surface area contributed by atoms with Gasteiger partial charge in [-0.05, 0) is 85.2 Å². The van der Waals surface area contributed by atoms with Crippen molar-refractivity contribution in [1.29, 1.82) is 0 Å². The first-order valence-electron chi connectivity index (χ1n) is 10.3. The van der Waals surface area contributed by atoms with E-state index in [-0.39, 0.29) is 23.9 Å². The molecule has 1 aromatic heterocycles. The van der Waals surface area contributed by atoms with Crippen molar-refractivity contribution in [2.45, 2.75) is 76.7 Å². The lowest BCUT2D eigenvalue weighted by molar-refractivity contribution is -0.151. The van der Waals surface area contributed by atoms with Crippen molar-refractivity contribution in [1.82, 2.24) is 0 Å². The predicted molar refractivity (Wildman–Crippen MR) is 96.6 cm³/mol. The molecule has 0 radical (unpaired) electrons. The molecule has 5 rings (SSSR count). The van der Waals surface area contributed by atoms with Gasteiger partial charge in [0.1, 0.15) is 18.0 Å². The first-order valence-corrected chi connectivity index (χ1v) is 10.3. The Morgan fingerprint density at radius 3 is 3.00 bits per heavy atom. The van der Waals surface area contributed by atoms with Gasteiger partial charge in [0.2, 0.25) is 0 Å². The van der Waals surface area contributed by atoms with Gasteiger partial charge in [0, 0.05) is 13.3 Å². The highest BCUT2D eigenvalue weighted by Crippen LogP contribution is 2.72. The fourth-order valence-electron chi connectivity index (χ4n) is 7.72. The molecule has 26 heavy (non-hydrogen) atoms. The SMILES string of the molecule is CC(=O)OC[C@@]1(O)C[C@]23CCC4c5ccoc5CC[C@@]4(C)C2CCC1C3. The molecule has 4 nitrogen and oxygen atoms in total. The second kappa shape index (κ2) is 5.37. The van der Waals surface area contributed by atoms with E-state index in [1.807, 2.05) is 6.26 Å². The third-order valence-electron chi connectivity index (χ3n) is 8.71. The number of rotatable bonds is 2. The number of carbonyl (C=O) groups excluding carboxylic acids is 1. The molecule has 3 fully saturated rings. The number of aryl methyl sites for hydroxylation is 1. The third-order valence-corrected chi connectivity index (χ3v) is 8.71. The van der Waals surface area contributed by atoms with E-state index in [2.05, 4.69) is 13.0 Å². The molecule has 1 N–H and O–H groups in total. The number of ether oxygens (including phenoxy) is 1. The topological polar surface area (TPSA) is 59.7 Å². The van der Waals surface area contributed by atoms with Crippen LogP contribution in [0.4, 0.5) is 0 Å². The Balaban J connectivity index is 1.47. The Hall–Kier alpha value is -1.29. The van der Waals surface area contributed by atoms with Crippen LogP contribution in [0.1, 0.15) is 76.0 Å². The molecule has 0 amide bonds. The summed E-state index contributed by atoms with van der Waals surface area (Å²) in [6.45, 7) is 4.11. The molecule has 142 valence electrons. The van der Waals surface area contributed by atoms with Gasteiger partial charge in [-0.2, -0.15) is 0 Å². The Kier molecular flexibility index (Phi) is 3.48. The average Bonchev–Trinajstić information content (AvgIpc) is 3.14. The van der Waals surface area contributed by atoms with Crippen molar-refractivity contribution < 1.29 is 19.1 Å². The quantitative estimate of drug-likeness (QED) is 0.805. The van der Waals surface area contributed by atoms with Crippen LogP contribution in [0.2, 0.25) is 0 Å². The molecule has 1 spiro atoms. The molecule has 0 saturated heterocycles. The molecule has 3 unspecified atom stereocenters. The van der Waals surface area contributed by atoms with Crippen LogP contribution in [0.15, 0.2) is 16.7 Å². The van der Waals surface area contributed by atoms with Gasteiger partial charge >= 0.3 is 5.97 Å². The largest absolute Gasteiger partial charge is 0.469 e. The lowest BCUT2D eigenvalue weighted by Gasteiger charge is -2.59. The minimum atomic E-state index is -0.820. The van der Waals surface area contributed by atoms with Crippen molar-refractivity contribution in [2.75, 3.05) is 6.61 Å². The highest BCUT2D eigenvalue weighted by molar-refractivity contribution is 5.66. The maximum Gasteiger partial charge on any atom is 0.302 e. The highest BCUT2D eigenvalue weighted by atomic mass is 16.5. The van der Waals surface area contributed by atoms with E-state index in [4.69, 9.17) is 9.15 Å². The van der Waals surface area contributed by atoms with E-state index >= 15 is 0 Å². The van der Waals surface area contributed by atoms with Crippen LogP contribution in [0.3, 0.4) is 0 Å². The van der Waals surface area contributed by atoms with Crippen LogP contribution in [0.25, 0.3) is 0 Å². The van der Waals surface area contributed by atoms with Crippen molar-refractivity contribution in [3.05, 3.63) is 23.7 Å². The van der Waals surface area contributed by atoms with E-state index in [1.165, 1.54) is 43.9 Å². The van der Waals surface area contributed by atoms with Gasteiger partial charge in [-0.3, -0.25) is 4.79 Å². The van der Waals surface area contributed by atoms with E-state index in [9.17, 15) is 9.90 Å². The first-order chi connectivity index (χ1) is 12.4. The summed E-state index contributed by atoms with van der Waals surface area (Å²) in [5.74, 6) is 2.45. The number of aliphatic hydroxyl groups is 1. The Bertz CT molecular complexity index is 738. The van der Waals surface area contributed by atoms with Crippen LogP contribution in [-0.4, -0.2) is 23.3 Å². The Morgan fingerprint density at radius 2 is 2.19 bits per heavy atom. The van der Waals surface area contributed by atoms with Gasteiger partial charge < -0.3 is 14.3 Å². The van der Waals surface area contributed by atoms with Crippen LogP contribution in [0.5, 0.6) is 0 Å². The normalized spacial score (nSPS) is 46.2. The number of furan rings is 1. The van der Waals surface area contributed by atoms with Gasteiger partial charge in [0.15, 0.2) is 0 Å². The number of hydrogen-bond acceptors (Lipinski definition) is 4. The van der Waals surface area contributed by atoms with Crippen molar-refractivity contribution in [2.24, 2.45) is 22.7 Å². The molecular formula is C22H30O4. The summed E-state index contributed by atoms with van der Waals surface area (Å²) in [4.78, 5) is 11.3. The zero-order valence-corrected chi connectivity index (χ0v) is 15.9. The van der Waals surface area contributed by atoms with Crippen molar-refractivity contribution >= 4 is 5.97 Å². The van der Waals surface area contributed by atoms with Crippen LogP contribution in [0, 0.1) is 22.7 Å². The fourth-order valence-corrected chi connectivity index (χ4v) is 7.72. The van der Waals surface area contributed by atoms with E-state index in [0.29, 0.717) is 17.3 Å². The lowest BCUT2D eigenvalue weighted by Crippen LogP contribution is -2.51. The van der Waals surface area contributed by atoms with E-state index in [1.54, 1.807) is 0 Å². The van der Waals surface area contributed by atoms with E-state index < -0.39 is 5.60 Å². The Morgan fingerprint density at radius 1 is 1.35 bits per heavy atom. The number of hydrogen-bond donors (Lipinski definition) is 1. The molecule has 3 saturated carbocycles. The summed E-state index contributed by atoms with van der Waals surface area (Å²) in [5, 5.41) is 11.4. The minimum absolute atomic E-state index is 0.174. The van der Waals surface area contributed by atoms with Gasteiger partial charge in [-0.15, -0.1) is 0 Å². The third kappa shape index (κ3) is 2.14. The second-order valence-electron chi connectivity index (χ2n) is 9.85. The van der Waals surface area contributed by atoms with Crippen LogP contribution in [-0.2, 0) is 16.0 Å². The summed E-state index contributed by atoms with van der Waals surface area (Å²) < 4.78 is 11.0. The van der Waals surface area contributed by atoms with E-state index in [0.717, 1.165) is 25.7 Å². The number of fused-ring (bicyclic) bond motifs is 5. The summed E-state index contributed by atoms with van der Waals surface area (Å²) in [7, 11) is 0. The maximum absolute atomic E-state index is 11.4. The number of carbonyl (C=O) groups is 1. The molecule has 2 bridgehead atoms. The fraction of sp³-hybridized carbons (Fsp3) is 0.773. The van der Waals surface area contributed by atoms with Crippen LogP contribution < -0.4 is 0 Å². The lowest BCUT2D eigenvalue weighted by atomic mass is 9.45. The Labute approximate surface area is 155 Å². The molecule has 1 aromatic rings. The summed E-state index contributed by atoms with van der Waals surface area (Å²) in [5.41, 5.74) is 1.15. The molecule has 6 atom stereocenters. The van der Waals surface area contributed by atoms with Gasteiger partial charge in [0.25, 0.3) is 0 Å². The van der Waals surface area contributed by atoms with Gasteiger partial charge in [0.05, 0.1) is 6.26 Å². The zero-order chi connectivity index (χ0) is 18.2. The molecule has 0 aromatic carbocycles. The summed E-state index contributed by atoms with van der Waals surface area (Å²) >= 11 is 0. The second-order valence-corrected chi connectivity index (χ2v) is 9.85. The monoisotopic (exact) mass is 358 g/mol. The molecule has 4 aliphatic carbocycles. The molecular weight excluding hydrogens is 328 g/mol. The molecule has 4 heteroatoms. The highest BCUT2D eigenvalue weighted by Gasteiger charge is 2.66. The van der Waals surface area contributed by atoms with Gasteiger partial charge in [-0.25, -0.2) is 0 Å². The van der Waals surface area contributed by atoms with Crippen molar-refractivity contribution in [3.63, 3.8) is 0 Å². The average molecular weight is 358 g/mol. The number of esters is 1. The minimum Gasteiger partial charge on any atom is -0.469 e. The first kappa shape index (κ1) is 16.9. The summed E-state index contributed by atoms with van der Waals surface area (Å²) in [6, 6.07) is 2.20. The predicted octanol–water partition coefficient (Wildman–Crippen LogP) is 4.21. The van der Waals surface area contributed by atoms with Gasteiger partial charge in [-0.1, -0.05) is 6.92 Å². The molecule has 4 aliphatic rings. The maximum atomic E-state index is 11.4. The zero-order valence-electron chi connectivity index (χ0n) is 15.9.